The van der Waals surface area contributed by atoms with Crippen molar-refractivity contribution in [1.29, 1.82) is 0 Å². The quantitative estimate of drug-likeness (QED) is 0.459. The lowest BCUT2D eigenvalue weighted by atomic mass is 9.96. The third-order valence-corrected chi connectivity index (χ3v) is 6.83. The average molecular weight is 471 g/mol. The summed E-state index contributed by atoms with van der Waals surface area (Å²) in [5.41, 5.74) is 2.19. The van der Waals surface area contributed by atoms with Crippen molar-refractivity contribution in [3.05, 3.63) is 71.1 Å². The molecule has 8 heteroatoms. The zero-order valence-corrected chi connectivity index (χ0v) is 19.4. The van der Waals surface area contributed by atoms with E-state index in [9.17, 15) is 4.79 Å². The van der Waals surface area contributed by atoms with E-state index in [1.54, 1.807) is 0 Å². The van der Waals surface area contributed by atoms with E-state index in [1.807, 2.05) is 42.1 Å². The number of rotatable bonds is 9. The van der Waals surface area contributed by atoms with E-state index in [4.69, 9.17) is 16.1 Å². The van der Waals surface area contributed by atoms with Crippen molar-refractivity contribution in [3.8, 4) is 11.4 Å². The second-order valence-corrected chi connectivity index (χ2v) is 9.44. The molecule has 0 spiro atoms. The molecule has 1 aromatic heterocycles. The van der Waals surface area contributed by atoms with Crippen LogP contribution in [-0.2, 0) is 17.1 Å². The van der Waals surface area contributed by atoms with Gasteiger partial charge in [-0.15, -0.1) is 0 Å². The molecule has 1 saturated heterocycles. The summed E-state index contributed by atoms with van der Waals surface area (Å²) < 4.78 is 5.42. The minimum atomic E-state index is 0.0812. The van der Waals surface area contributed by atoms with Gasteiger partial charge in [0.2, 0.25) is 17.6 Å². The van der Waals surface area contributed by atoms with Crippen molar-refractivity contribution in [2.45, 2.75) is 25.1 Å². The van der Waals surface area contributed by atoms with Crippen LogP contribution in [0.5, 0.6) is 0 Å². The van der Waals surface area contributed by atoms with E-state index in [0.29, 0.717) is 29.8 Å². The number of benzene rings is 2. The molecule has 2 heterocycles. The number of likely N-dealkylation sites (tertiary alicyclic amines) is 1. The lowest BCUT2D eigenvalue weighted by molar-refractivity contribution is -0.126. The van der Waals surface area contributed by atoms with Crippen LogP contribution >= 0.6 is 23.4 Å². The fourth-order valence-corrected chi connectivity index (χ4v) is 4.68. The third kappa shape index (κ3) is 6.58. The molecule has 2 aromatic carbocycles. The number of halogens is 1. The van der Waals surface area contributed by atoms with E-state index in [-0.39, 0.29) is 11.8 Å². The van der Waals surface area contributed by atoms with Crippen LogP contribution in [0.2, 0.25) is 5.02 Å². The lowest BCUT2D eigenvalue weighted by Crippen LogP contribution is -2.40. The number of hydrogen-bond acceptors (Lipinski definition) is 6. The standard InChI is InChI=1S/C24H27ClN4O2S/c25-21-8-6-19(7-9-21)23-27-22(31-28-23)16-29-13-10-20(11-14-29)24(30)26-12-15-32-17-18-4-2-1-3-5-18/h1-9,20H,10-17H2,(H,26,30). The van der Waals surface area contributed by atoms with Gasteiger partial charge in [0.1, 0.15) is 0 Å². The molecule has 1 fully saturated rings. The maximum absolute atomic E-state index is 12.5. The largest absolute Gasteiger partial charge is 0.355 e. The first kappa shape index (κ1) is 22.8. The van der Waals surface area contributed by atoms with Gasteiger partial charge in [-0.1, -0.05) is 47.1 Å². The molecule has 0 unspecified atom stereocenters. The van der Waals surface area contributed by atoms with E-state index in [0.717, 1.165) is 43.0 Å². The third-order valence-electron chi connectivity index (χ3n) is 5.54. The highest BCUT2D eigenvalue weighted by atomic mass is 35.5. The molecule has 1 aliphatic rings. The van der Waals surface area contributed by atoms with E-state index in [1.165, 1.54) is 5.56 Å². The summed E-state index contributed by atoms with van der Waals surface area (Å²) in [5, 5.41) is 7.85. The Labute approximate surface area is 197 Å². The Morgan fingerprint density at radius 3 is 2.62 bits per heavy atom. The molecule has 3 aromatic rings. The number of piperidine rings is 1. The summed E-state index contributed by atoms with van der Waals surface area (Å²) >= 11 is 7.78. The summed E-state index contributed by atoms with van der Waals surface area (Å²) in [6.45, 7) is 3.01. The van der Waals surface area contributed by atoms with Crippen LogP contribution in [0.25, 0.3) is 11.4 Å². The first-order chi connectivity index (χ1) is 15.7. The monoisotopic (exact) mass is 470 g/mol. The normalized spacial score (nSPS) is 15.0. The fraction of sp³-hybridized carbons (Fsp3) is 0.375. The van der Waals surface area contributed by atoms with Gasteiger partial charge < -0.3 is 9.84 Å². The Kier molecular flexibility index (Phi) is 8.20. The van der Waals surface area contributed by atoms with Crippen LogP contribution in [-0.4, -0.2) is 46.3 Å². The zero-order valence-electron chi connectivity index (χ0n) is 17.9. The van der Waals surface area contributed by atoms with Crippen LogP contribution in [0.4, 0.5) is 0 Å². The van der Waals surface area contributed by atoms with Gasteiger partial charge in [-0.2, -0.15) is 16.7 Å². The minimum Gasteiger partial charge on any atom is -0.355 e. The number of carbonyl (C=O) groups excluding carboxylic acids is 1. The molecule has 32 heavy (non-hydrogen) atoms. The molecule has 0 bridgehead atoms. The molecular formula is C24H27ClN4O2S. The van der Waals surface area contributed by atoms with Crippen LogP contribution in [0, 0.1) is 5.92 Å². The number of nitrogens with zero attached hydrogens (tertiary/aromatic N) is 3. The molecule has 6 nitrogen and oxygen atoms in total. The highest BCUT2D eigenvalue weighted by Crippen LogP contribution is 2.22. The minimum absolute atomic E-state index is 0.0812. The topological polar surface area (TPSA) is 71.3 Å². The Balaban J connectivity index is 1.14. The predicted octanol–water partition coefficient (Wildman–Crippen LogP) is 4.65. The fourth-order valence-electron chi connectivity index (χ4n) is 3.73. The summed E-state index contributed by atoms with van der Waals surface area (Å²) in [5.74, 6) is 3.31. The van der Waals surface area contributed by atoms with Crippen molar-refractivity contribution < 1.29 is 9.32 Å². The molecule has 4 rings (SSSR count). The van der Waals surface area contributed by atoms with Crippen molar-refractivity contribution in [1.82, 2.24) is 20.4 Å². The molecule has 0 atom stereocenters. The SMILES string of the molecule is O=C(NCCSCc1ccccc1)C1CCN(Cc2nc(-c3ccc(Cl)cc3)no2)CC1. The van der Waals surface area contributed by atoms with Crippen LogP contribution in [0.15, 0.2) is 59.1 Å². The number of thioether (sulfide) groups is 1. The first-order valence-electron chi connectivity index (χ1n) is 10.9. The predicted molar refractivity (Wildman–Crippen MR) is 128 cm³/mol. The van der Waals surface area contributed by atoms with Gasteiger partial charge in [0.25, 0.3) is 0 Å². The highest BCUT2D eigenvalue weighted by molar-refractivity contribution is 7.98. The maximum Gasteiger partial charge on any atom is 0.241 e. The van der Waals surface area contributed by atoms with Gasteiger partial charge in [-0.05, 0) is 55.8 Å². The Bertz CT molecular complexity index is 989. The zero-order chi connectivity index (χ0) is 22.2. The molecule has 1 aliphatic heterocycles. The summed E-state index contributed by atoms with van der Waals surface area (Å²) in [4.78, 5) is 19.2. The van der Waals surface area contributed by atoms with Crippen molar-refractivity contribution in [2.75, 3.05) is 25.4 Å². The van der Waals surface area contributed by atoms with Gasteiger partial charge in [0.05, 0.1) is 6.54 Å². The summed E-state index contributed by atoms with van der Waals surface area (Å²) in [6, 6.07) is 17.8. The maximum atomic E-state index is 12.5. The Hall–Kier alpha value is -2.35. The Morgan fingerprint density at radius 2 is 1.88 bits per heavy atom. The highest BCUT2D eigenvalue weighted by Gasteiger charge is 2.25. The molecule has 168 valence electrons. The van der Waals surface area contributed by atoms with E-state index >= 15 is 0 Å². The molecule has 1 N–H and O–H groups in total. The molecule has 0 saturated carbocycles. The van der Waals surface area contributed by atoms with Gasteiger partial charge in [0.15, 0.2) is 0 Å². The average Bonchev–Trinajstić information content (AvgIpc) is 3.29. The summed E-state index contributed by atoms with van der Waals surface area (Å²) in [7, 11) is 0. The van der Waals surface area contributed by atoms with Gasteiger partial charge in [0, 0.05) is 34.6 Å². The number of nitrogens with one attached hydrogen (secondary N) is 1. The van der Waals surface area contributed by atoms with Gasteiger partial charge >= 0.3 is 0 Å². The second-order valence-electron chi connectivity index (χ2n) is 7.90. The van der Waals surface area contributed by atoms with E-state index in [2.05, 4.69) is 44.6 Å². The number of carbonyl (C=O) groups is 1. The van der Waals surface area contributed by atoms with E-state index < -0.39 is 0 Å². The molecule has 0 radical (unpaired) electrons. The lowest BCUT2D eigenvalue weighted by Gasteiger charge is -2.30. The van der Waals surface area contributed by atoms with Crippen molar-refractivity contribution in [2.24, 2.45) is 5.92 Å². The van der Waals surface area contributed by atoms with Crippen molar-refractivity contribution in [3.63, 3.8) is 0 Å². The first-order valence-corrected chi connectivity index (χ1v) is 12.4. The molecule has 1 amide bonds. The Morgan fingerprint density at radius 1 is 1.12 bits per heavy atom. The van der Waals surface area contributed by atoms with Crippen LogP contribution in [0.3, 0.4) is 0 Å². The number of aromatic nitrogens is 2. The molecule has 0 aliphatic carbocycles. The number of amides is 1. The van der Waals surface area contributed by atoms with Gasteiger partial charge in [-0.25, -0.2) is 0 Å². The molecular weight excluding hydrogens is 444 g/mol. The second kappa shape index (κ2) is 11.5. The van der Waals surface area contributed by atoms with Crippen molar-refractivity contribution >= 4 is 29.3 Å². The van der Waals surface area contributed by atoms with Gasteiger partial charge in [-0.3, -0.25) is 9.69 Å². The number of hydrogen-bond donors (Lipinski definition) is 1. The van der Waals surface area contributed by atoms with Crippen LogP contribution in [0.1, 0.15) is 24.3 Å². The smallest absolute Gasteiger partial charge is 0.241 e. The van der Waals surface area contributed by atoms with Crippen LogP contribution < -0.4 is 5.32 Å². The summed E-state index contributed by atoms with van der Waals surface area (Å²) in [6.07, 6.45) is 1.70.